The number of aliphatic hydroxyl groups is 1. The van der Waals surface area contributed by atoms with E-state index in [0.29, 0.717) is 13.1 Å². The van der Waals surface area contributed by atoms with Crippen LogP contribution in [0.1, 0.15) is 0 Å². The number of benzene rings is 1. The first kappa shape index (κ1) is 12.0. The third kappa shape index (κ3) is 2.60. The second-order valence-electron chi connectivity index (χ2n) is 4.10. The van der Waals surface area contributed by atoms with E-state index in [0.717, 1.165) is 16.7 Å². The predicted octanol–water partition coefficient (Wildman–Crippen LogP) is 1.23. The predicted molar refractivity (Wildman–Crippen MR) is 68.4 cm³/mol. The lowest BCUT2D eigenvalue weighted by Gasteiger charge is -2.12. The van der Waals surface area contributed by atoms with Gasteiger partial charge in [0.25, 0.3) is 0 Å². The summed E-state index contributed by atoms with van der Waals surface area (Å²) in [6.45, 7) is 1.17. The summed E-state index contributed by atoms with van der Waals surface area (Å²) in [4.78, 5) is 0. The Morgan fingerprint density at radius 2 is 2.24 bits per heavy atom. The second kappa shape index (κ2) is 5.21. The molecule has 0 amide bonds. The molecule has 2 rings (SSSR count). The van der Waals surface area contributed by atoms with Gasteiger partial charge in [0, 0.05) is 25.4 Å². The Hall–Kier alpha value is -1.52. The zero-order valence-corrected chi connectivity index (χ0v) is 10.2. The van der Waals surface area contributed by atoms with Crippen molar-refractivity contribution in [2.45, 2.75) is 12.6 Å². The van der Waals surface area contributed by atoms with Crippen LogP contribution in [0, 0.1) is 0 Å². The first-order valence-electron chi connectivity index (χ1n) is 5.70. The number of likely N-dealkylation sites (N-methyl/N-ethyl adjacent to an activating group) is 1. The molecule has 0 bridgehead atoms. The summed E-state index contributed by atoms with van der Waals surface area (Å²) < 4.78 is 7.25. The minimum Gasteiger partial charge on any atom is -0.497 e. The molecule has 1 aromatic carbocycles. The van der Waals surface area contributed by atoms with Crippen LogP contribution < -0.4 is 10.1 Å². The molecule has 1 atom stereocenters. The van der Waals surface area contributed by atoms with Crippen LogP contribution in [0.2, 0.25) is 0 Å². The molecule has 4 heteroatoms. The standard InChI is InChI=1S/C13H18N2O2/c1-14-8-11(16)9-15-6-5-10-3-4-12(17-2)7-13(10)15/h3-7,11,14,16H,8-9H2,1-2H3/t11-/m1/s1. The van der Waals surface area contributed by atoms with Crippen LogP contribution in [0.3, 0.4) is 0 Å². The van der Waals surface area contributed by atoms with E-state index in [1.807, 2.05) is 42.1 Å². The van der Waals surface area contributed by atoms with Crippen molar-refractivity contribution >= 4 is 10.9 Å². The zero-order chi connectivity index (χ0) is 12.3. The molecule has 0 aliphatic rings. The topological polar surface area (TPSA) is 46.4 Å². The van der Waals surface area contributed by atoms with Crippen molar-refractivity contribution < 1.29 is 9.84 Å². The largest absolute Gasteiger partial charge is 0.497 e. The highest BCUT2D eigenvalue weighted by molar-refractivity contribution is 5.81. The summed E-state index contributed by atoms with van der Waals surface area (Å²) in [5.74, 6) is 0.834. The van der Waals surface area contributed by atoms with Crippen molar-refractivity contribution in [3.63, 3.8) is 0 Å². The number of hydrogen-bond acceptors (Lipinski definition) is 3. The minimum absolute atomic E-state index is 0.387. The third-order valence-corrected chi connectivity index (χ3v) is 2.83. The average molecular weight is 234 g/mol. The summed E-state index contributed by atoms with van der Waals surface area (Å²) in [6.07, 6.45) is 1.60. The van der Waals surface area contributed by atoms with E-state index in [1.165, 1.54) is 0 Å². The molecule has 1 aromatic heterocycles. The van der Waals surface area contributed by atoms with Crippen molar-refractivity contribution in [2.75, 3.05) is 20.7 Å². The van der Waals surface area contributed by atoms with Crippen LogP contribution in [-0.2, 0) is 6.54 Å². The Kier molecular flexibility index (Phi) is 3.66. The minimum atomic E-state index is -0.387. The fraction of sp³-hybridized carbons (Fsp3) is 0.385. The number of ether oxygens (including phenoxy) is 1. The lowest BCUT2D eigenvalue weighted by molar-refractivity contribution is 0.155. The molecule has 0 aliphatic carbocycles. The molecule has 1 heterocycles. The van der Waals surface area contributed by atoms with E-state index in [1.54, 1.807) is 7.11 Å². The second-order valence-corrected chi connectivity index (χ2v) is 4.10. The highest BCUT2D eigenvalue weighted by Crippen LogP contribution is 2.21. The van der Waals surface area contributed by atoms with Gasteiger partial charge in [0.2, 0.25) is 0 Å². The Labute approximate surface area is 101 Å². The average Bonchev–Trinajstić information content (AvgIpc) is 2.72. The molecule has 0 saturated heterocycles. The molecule has 0 radical (unpaired) electrons. The molecular weight excluding hydrogens is 216 g/mol. The number of rotatable bonds is 5. The monoisotopic (exact) mass is 234 g/mol. The van der Waals surface area contributed by atoms with Gasteiger partial charge in [-0.1, -0.05) is 0 Å². The smallest absolute Gasteiger partial charge is 0.120 e. The van der Waals surface area contributed by atoms with Crippen LogP contribution in [-0.4, -0.2) is 36.5 Å². The van der Waals surface area contributed by atoms with Gasteiger partial charge in [-0.15, -0.1) is 0 Å². The van der Waals surface area contributed by atoms with Crippen molar-refractivity contribution in [3.8, 4) is 5.75 Å². The third-order valence-electron chi connectivity index (χ3n) is 2.83. The maximum Gasteiger partial charge on any atom is 0.120 e. The number of nitrogens with one attached hydrogen (secondary N) is 1. The highest BCUT2D eigenvalue weighted by atomic mass is 16.5. The van der Waals surface area contributed by atoms with Crippen LogP contribution in [0.15, 0.2) is 30.5 Å². The zero-order valence-electron chi connectivity index (χ0n) is 10.2. The summed E-state index contributed by atoms with van der Waals surface area (Å²) in [5, 5.41) is 13.9. The van der Waals surface area contributed by atoms with Gasteiger partial charge in [0.1, 0.15) is 5.75 Å². The number of aliphatic hydroxyl groups excluding tert-OH is 1. The molecule has 92 valence electrons. The molecule has 0 saturated carbocycles. The van der Waals surface area contributed by atoms with Crippen LogP contribution in [0.5, 0.6) is 5.75 Å². The Morgan fingerprint density at radius 3 is 2.94 bits per heavy atom. The summed E-state index contributed by atoms with van der Waals surface area (Å²) in [7, 11) is 3.49. The SMILES string of the molecule is CNC[C@@H](O)Cn1ccc2ccc(OC)cc21. The molecule has 0 spiro atoms. The van der Waals surface area contributed by atoms with Crippen LogP contribution in [0.25, 0.3) is 10.9 Å². The maximum absolute atomic E-state index is 9.79. The number of fused-ring (bicyclic) bond motifs is 1. The first-order valence-corrected chi connectivity index (χ1v) is 5.70. The van der Waals surface area contributed by atoms with E-state index >= 15 is 0 Å². The highest BCUT2D eigenvalue weighted by Gasteiger charge is 2.07. The molecule has 2 N–H and O–H groups in total. The van der Waals surface area contributed by atoms with Gasteiger partial charge in [-0.3, -0.25) is 0 Å². The van der Waals surface area contributed by atoms with Gasteiger partial charge in [-0.25, -0.2) is 0 Å². The van der Waals surface area contributed by atoms with Crippen LogP contribution in [0.4, 0.5) is 0 Å². The van der Waals surface area contributed by atoms with E-state index in [2.05, 4.69) is 5.32 Å². The first-order chi connectivity index (χ1) is 8.24. The van der Waals surface area contributed by atoms with E-state index < -0.39 is 0 Å². The number of methoxy groups -OCH3 is 1. The van der Waals surface area contributed by atoms with Crippen molar-refractivity contribution in [2.24, 2.45) is 0 Å². The molecule has 4 nitrogen and oxygen atoms in total. The van der Waals surface area contributed by atoms with E-state index in [4.69, 9.17) is 4.74 Å². The fourth-order valence-electron chi connectivity index (χ4n) is 1.98. The van der Waals surface area contributed by atoms with Crippen molar-refractivity contribution in [1.82, 2.24) is 9.88 Å². The molecule has 17 heavy (non-hydrogen) atoms. The van der Waals surface area contributed by atoms with E-state index in [-0.39, 0.29) is 6.10 Å². The van der Waals surface area contributed by atoms with Crippen LogP contribution >= 0.6 is 0 Å². The molecule has 0 aliphatic heterocycles. The van der Waals surface area contributed by atoms with Gasteiger partial charge in [-0.05, 0) is 30.6 Å². The molecule has 0 fully saturated rings. The lowest BCUT2D eigenvalue weighted by atomic mass is 10.2. The molecule has 2 aromatic rings. The Morgan fingerprint density at radius 1 is 1.41 bits per heavy atom. The normalized spacial score (nSPS) is 12.9. The van der Waals surface area contributed by atoms with Gasteiger partial charge < -0.3 is 19.7 Å². The van der Waals surface area contributed by atoms with Gasteiger partial charge in [-0.2, -0.15) is 0 Å². The van der Waals surface area contributed by atoms with Gasteiger partial charge in [0.05, 0.1) is 18.7 Å². The summed E-state index contributed by atoms with van der Waals surface area (Å²) in [5.41, 5.74) is 1.08. The van der Waals surface area contributed by atoms with Crippen molar-refractivity contribution in [1.29, 1.82) is 0 Å². The maximum atomic E-state index is 9.79. The van der Waals surface area contributed by atoms with E-state index in [9.17, 15) is 5.11 Å². The van der Waals surface area contributed by atoms with Gasteiger partial charge >= 0.3 is 0 Å². The molecule has 0 unspecified atom stereocenters. The number of nitrogens with zero attached hydrogens (tertiary/aromatic N) is 1. The Bertz CT molecular complexity index is 493. The fourth-order valence-corrected chi connectivity index (χ4v) is 1.98. The Balaban J connectivity index is 2.27. The molecular formula is C13H18N2O2. The summed E-state index contributed by atoms with van der Waals surface area (Å²) >= 11 is 0. The summed E-state index contributed by atoms with van der Waals surface area (Å²) in [6, 6.07) is 7.99. The van der Waals surface area contributed by atoms with Crippen molar-refractivity contribution in [3.05, 3.63) is 30.5 Å². The number of hydrogen-bond donors (Lipinski definition) is 2. The quantitative estimate of drug-likeness (QED) is 0.818. The van der Waals surface area contributed by atoms with Gasteiger partial charge in [0.15, 0.2) is 0 Å². The lowest BCUT2D eigenvalue weighted by Crippen LogP contribution is -2.27. The number of aromatic nitrogens is 1.